The van der Waals surface area contributed by atoms with Gasteiger partial charge in [0.25, 0.3) is 0 Å². The van der Waals surface area contributed by atoms with Gasteiger partial charge in [0.1, 0.15) is 21.1 Å². The number of fused-ring (bicyclic) bond motifs is 1. The molecular weight excluding hydrogens is 1360 g/mol. The van der Waals surface area contributed by atoms with Crippen LogP contribution in [0.1, 0.15) is 129 Å². The highest BCUT2D eigenvalue weighted by Gasteiger charge is 2.24. The van der Waals surface area contributed by atoms with Crippen LogP contribution in [0, 0.1) is 34.6 Å². The molecule has 0 unspecified atom stereocenters. The zero-order valence-corrected chi connectivity index (χ0v) is 68.7. The monoisotopic (exact) mass is 1470 g/mol. The lowest BCUT2D eigenvalue weighted by Crippen LogP contribution is -2.30. The number of rotatable bonds is 13. The van der Waals surface area contributed by atoms with Crippen molar-refractivity contribution in [2.45, 2.75) is 114 Å². The van der Waals surface area contributed by atoms with Crippen molar-refractivity contribution in [1.29, 1.82) is 0 Å². The third kappa shape index (κ3) is 18.7. The van der Waals surface area contributed by atoms with Crippen LogP contribution in [0.25, 0.3) is 96.2 Å². The van der Waals surface area contributed by atoms with Crippen LogP contribution < -0.4 is 13.7 Å². The molecule has 0 fully saturated rings. The van der Waals surface area contributed by atoms with Crippen molar-refractivity contribution in [3.63, 3.8) is 0 Å². The van der Waals surface area contributed by atoms with Crippen LogP contribution >= 0.6 is 0 Å². The van der Waals surface area contributed by atoms with E-state index in [1.807, 2.05) is 65.0 Å². The Bertz CT molecular complexity index is 5620. The van der Waals surface area contributed by atoms with Gasteiger partial charge >= 0.3 is 0 Å². The van der Waals surface area contributed by atoms with Crippen LogP contribution in [-0.2, 0) is 42.3 Å². The van der Waals surface area contributed by atoms with Gasteiger partial charge in [-0.25, -0.2) is 23.7 Å². The maximum atomic E-state index is 4.38. The predicted molar refractivity (Wildman–Crippen MR) is 463 cm³/mol. The van der Waals surface area contributed by atoms with E-state index < -0.39 is 0 Å². The summed E-state index contributed by atoms with van der Waals surface area (Å²) in [7, 11) is 12.4. The average Bonchev–Trinajstić information content (AvgIpc) is 1.61. The first-order chi connectivity index (χ1) is 53.5. The first kappa shape index (κ1) is 79.8. The summed E-state index contributed by atoms with van der Waals surface area (Å²) < 4.78 is 19.7. The minimum atomic E-state index is 0.459. The molecule has 11 heteroatoms. The second-order valence-electron chi connectivity index (χ2n) is 30.2. The number of imidazole rings is 2. The Balaban J connectivity index is 0.000000134. The lowest BCUT2D eigenvalue weighted by atomic mass is 9.92. The summed E-state index contributed by atoms with van der Waals surface area (Å²) in [5.41, 5.74) is 29.9. The molecule has 111 heavy (non-hydrogen) atoms. The van der Waals surface area contributed by atoms with Gasteiger partial charge in [0, 0.05) is 128 Å². The average molecular weight is 1470 g/mol. The minimum Gasteiger partial charge on any atom is -0.349 e. The predicted octanol–water partition coefficient (Wildman–Crippen LogP) is 23.0. The Morgan fingerprint density at radius 3 is 1.31 bits per heavy atom. The van der Waals surface area contributed by atoms with Crippen molar-refractivity contribution in [2.24, 2.45) is 42.3 Å². The van der Waals surface area contributed by atoms with E-state index in [1.165, 1.54) is 129 Å². The Labute approximate surface area is 660 Å². The molecule has 0 saturated carbocycles. The van der Waals surface area contributed by atoms with Crippen LogP contribution in [-0.4, -0.2) is 37.4 Å². The van der Waals surface area contributed by atoms with Gasteiger partial charge in [-0.1, -0.05) is 183 Å². The largest absolute Gasteiger partial charge is 0.349 e. The molecule has 0 aliphatic rings. The molecule has 0 saturated heterocycles. The normalized spacial score (nSPS) is 11.0. The molecule has 0 aliphatic carbocycles. The van der Waals surface area contributed by atoms with E-state index in [2.05, 4.69) is 417 Å². The fourth-order valence-corrected chi connectivity index (χ4v) is 14.6. The minimum absolute atomic E-state index is 0.459. The molecule has 9 aromatic heterocycles. The smallest absolute Gasteiger partial charge is 0.212 e. The van der Waals surface area contributed by atoms with Gasteiger partial charge in [0.2, 0.25) is 17.1 Å². The summed E-state index contributed by atoms with van der Waals surface area (Å²) in [6.45, 7) is 28.9. The summed E-state index contributed by atoms with van der Waals surface area (Å²) in [6, 6.07) is 88.0. The third-order valence-corrected chi connectivity index (χ3v) is 20.6. The number of aromatic nitrogens is 11. The molecule has 16 rings (SSSR count). The number of pyridine rings is 3. The summed E-state index contributed by atoms with van der Waals surface area (Å²) in [6.07, 6.45) is 20.2. The van der Waals surface area contributed by atoms with E-state index in [1.54, 1.807) is 12.4 Å². The SMILES string of the molecule is CC(C)c1cccc(C(C)C)c1-n1c(-c2cccn2C)cc2ccccc21.CC(C)c1cccc(C(C)C)c1-n1cccc1-c1cccn1C.Cc1cc[n+](C)c(-c2ccccc2C)c1.Cc1ccc(-c2ccccc2C)[n+](C)c1.Cc1ccccc1-c1cccc[n+]1C.Cn1ccnc1-c1nccn1-c1ccccc1. The number of hydrogen-bond acceptors (Lipinski definition) is 2. The Hall–Kier alpha value is -12.2. The van der Waals surface area contributed by atoms with Gasteiger partial charge in [-0.05, 0) is 194 Å². The van der Waals surface area contributed by atoms with E-state index in [4.69, 9.17) is 0 Å². The molecule has 0 atom stereocenters. The Kier molecular flexibility index (Phi) is 26.5. The highest BCUT2D eigenvalue weighted by molar-refractivity contribution is 5.89. The van der Waals surface area contributed by atoms with Crippen LogP contribution in [0.4, 0.5) is 0 Å². The zero-order valence-electron chi connectivity index (χ0n) is 68.7. The second kappa shape index (κ2) is 36.8. The molecule has 7 aromatic carbocycles. The molecule has 0 aliphatic heterocycles. The molecule has 16 aromatic rings. The lowest BCUT2D eigenvalue weighted by Gasteiger charge is -2.23. The van der Waals surface area contributed by atoms with E-state index in [0.29, 0.717) is 23.7 Å². The number of para-hydroxylation sites is 4. The van der Waals surface area contributed by atoms with Crippen LogP contribution in [0.5, 0.6) is 0 Å². The van der Waals surface area contributed by atoms with E-state index in [-0.39, 0.29) is 0 Å². The Morgan fingerprint density at radius 2 is 0.784 bits per heavy atom. The van der Waals surface area contributed by atoms with Crippen molar-refractivity contribution >= 4 is 10.9 Å². The van der Waals surface area contributed by atoms with Crippen LogP contribution in [0.2, 0.25) is 0 Å². The molecule has 564 valence electrons. The maximum Gasteiger partial charge on any atom is 0.212 e. The van der Waals surface area contributed by atoms with Crippen LogP contribution in [0.3, 0.4) is 0 Å². The quantitative estimate of drug-likeness (QED) is 0.108. The van der Waals surface area contributed by atoms with Crippen molar-refractivity contribution in [1.82, 2.24) is 37.4 Å². The van der Waals surface area contributed by atoms with E-state index >= 15 is 0 Å². The molecule has 0 radical (unpaired) electrons. The van der Waals surface area contributed by atoms with Gasteiger partial charge in [0.05, 0.1) is 39.7 Å². The molecule has 0 amide bonds. The van der Waals surface area contributed by atoms with Gasteiger partial charge in [-0.15, -0.1) is 0 Å². The van der Waals surface area contributed by atoms with Crippen molar-refractivity contribution in [3.8, 4) is 85.3 Å². The summed E-state index contributed by atoms with van der Waals surface area (Å²) in [4.78, 5) is 8.70. The zero-order chi connectivity index (χ0) is 79.0. The van der Waals surface area contributed by atoms with Crippen LogP contribution in [0.15, 0.2) is 311 Å². The molecule has 9 heterocycles. The van der Waals surface area contributed by atoms with Crippen molar-refractivity contribution in [3.05, 3.63) is 361 Å². The van der Waals surface area contributed by atoms with Gasteiger partial charge in [-0.2, -0.15) is 0 Å². The van der Waals surface area contributed by atoms with E-state index in [9.17, 15) is 0 Å². The van der Waals surface area contributed by atoms with Crippen molar-refractivity contribution < 1.29 is 13.7 Å². The molecule has 0 spiro atoms. The molecule has 0 N–H and O–H groups in total. The van der Waals surface area contributed by atoms with Gasteiger partial charge in [0.15, 0.2) is 30.2 Å². The number of hydrogen-bond donors (Lipinski definition) is 0. The maximum absolute atomic E-state index is 4.38. The Morgan fingerprint density at radius 1 is 0.315 bits per heavy atom. The first-order valence-electron chi connectivity index (χ1n) is 38.9. The summed E-state index contributed by atoms with van der Waals surface area (Å²) >= 11 is 0. The number of nitrogens with zero attached hydrogens (tertiary/aromatic N) is 11. The third-order valence-electron chi connectivity index (χ3n) is 20.6. The summed E-state index contributed by atoms with van der Waals surface area (Å²) in [5, 5.41) is 1.28. The summed E-state index contributed by atoms with van der Waals surface area (Å²) in [5.74, 6) is 3.62. The lowest BCUT2D eigenvalue weighted by molar-refractivity contribution is -0.660. The molecular formula is C100H112N11+3. The number of aryl methyl sites for hydroxylation is 11. The molecule has 11 nitrogen and oxygen atoms in total. The molecule has 0 bridgehead atoms. The second-order valence-corrected chi connectivity index (χ2v) is 30.2. The van der Waals surface area contributed by atoms with E-state index in [0.717, 1.165) is 17.3 Å². The highest BCUT2D eigenvalue weighted by atomic mass is 15.1. The number of benzene rings is 7. The van der Waals surface area contributed by atoms with Gasteiger partial charge in [-0.3, -0.25) is 4.57 Å². The van der Waals surface area contributed by atoms with Crippen molar-refractivity contribution in [2.75, 3.05) is 0 Å². The fourth-order valence-electron chi connectivity index (χ4n) is 14.6. The topological polar surface area (TPSA) is 67.0 Å². The fraction of sp³-hybridized carbons (Fsp3) is 0.230. The highest BCUT2D eigenvalue weighted by Crippen LogP contribution is 2.40. The van der Waals surface area contributed by atoms with Gasteiger partial charge < -0.3 is 22.8 Å². The standard InChI is InChI=1S/C25H28N2.C21H26N2.2C14H16N.C13H12N4.C13H14N/c1-17(2)20-11-8-12-21(18(3)4)25(20)27-22-13-7-6-10-19(22)16-24(27)23-14-9-15-26(23)5;1-15(2)17-9-6-10-18(16(3)4)21(17)23-14-8-12-20(23)19-11-7-13-22(19)5;1-11-8-9-15(3)14(10-11)13-7-5-4-6-12(13)2;1-11-8-9-14(15(3)10-11)13-7-5-4-6-12(13)2;1-16-9-7-14-12(16)13-15-8-10-17(13)11-5-3-2-4-6-11;1-11-7-3-4-8-12(11)13-9-5-6-10-14(13)2/h6-18H,1-5H3;6-16H,1-5H3;2*4-10H,1-3H3;2-10H,1H3;3-10H,1-2H3/q;;2*+1;;+1. The first-order valence-corrected chi connectivity index (χ1v) is 38.9.